The maximum Gasteiger partial charge on any atom is 0.132 e. The van der Waals surface area contributed by atoms with Gasteiger partial charge in [0.25, 0.3) is 0 Å². The Morgan fingerprint density at radius 3 is 2.45 bits per heavy atom. The van der Waals surface area contributed by atoms with Crippen molar-refractivity contribution < 1.29 is 0 Å². The summed E-state index contributed by atoms with van der Waals surface area (Å²) in [6, 6.07) is 4.21. The van der Waals surface area contributed by atoms with E-state index in [0.717, 1.165) is 56.2 Å². The van der Waals surface area contributed by atoms with Crippen LogP contribution in [0.15, 0.2) is 30.9 Å². The molecule has 29 heavy (non-hydrogen) atoms. The van der Waals surface area contributed by atoms with Gasteiger partial charge in [-0.2, -0.15) is 0 Å². The van der Waals surface area contributed by atoms with Crippen LogP contribution in [0.1, 0.15) is 55.3 Å². The molecule has 4 fully saturated rings. The molecule has 2 aromatic heterocycles. The first-order valence-electron chi connectivity index (χ1n) is 11.4. The molecule has 4 bridgehead atoms. The maximum atomic E-state index is 4.67. The van der Waals surface area contributed by atoms with Crippen LogP contribution < -0.4 is 5.32 Å². The highest BCUT2D eigenvalue weighted by Crippen LogP contribution is 2.59. The first-order valence-corrected chi connectivity index (χ1v) is 11.4. The topological polar surface area (TPSA) is 53.9 Å². The number of fused-ring (bicyclic) bond motifs is 1. The summed E-state index contributed by atoms with van der Waals surface area (Å²) in [5.41, 5.74) is 4.41. The van der Waals surface area contributed by atoms with Gasteiger partial charge in [0, 0.05) is 44.1 Å². The molecular formula is C24H31N5. The summed E-state index contributed by atoms with van der Waals surface area (Å²) < 4.78 is 0. The number of pyridine rings is 1. The molecule has 5 aliphatic rings. The van der Waals surface area contributed by atoms with E-state index in [9.17, 15) is 0 Å². The molecule has 0 radical (unpaired) electrons. The highest BCUT2D eigenvalue weighted by Gasteiger charge is 2.50. The van der Waals surface area contributed by atoms with Gasteiger partial charge < -0.3 is 5.32 Å². The van der Waals surface area contributed by atoms with Crippen molar-refractivity contribution in [1.29, 1.82) is 0 Å². The van der Waals surface area contributed by atoms with Crippen molar-refractivity contribution in [3.05, 3.63) is 47.7 Å². The van der Waals surface area contributed by atoms with Crippen LogP contribution in [-0.2, 0) is 19.5 Å². The fourth-order valence-corrected chi connectivity index (χ4v) is 7.22. The van der Waals surface area contributed by atoms with E-state index in [0.29, 0.717) is 5.41 Å². The molecule has 0 atom stereocenters. The molecule has 152 valence electrons. The van der Waals surface area contributed by atoms with Gasteiger partial charge in [0.1, 0.15) is 12.1 Å². The van der Waals surface area contributed by atoms with Crippen molar-refractivity contribution in [2.24, 2.45) is 23.2 Å². The highest BCUT2D eigenvalue weighted by molar-refractivity contribution is 5.47. The second-order valence-corrected chi connectivity index (χ2v) is 10.2. The average molecular weight is 390 g/mol. The van der Waals surface area contributed by atoms with E-state index < -0.39 is 0 Å². The van der Waals surface area contributed by atoms with Crippen molar-refractivity contribution >= 4 is 5.82 Å². The normalized spacial score (nSPS) is 32.9. The molecule has 0 aromatic carbocycles. The van der Waals surface area contributed by atoms with Crippen LogP contribution in [0, 0.1) is 23.2 Å². The van der Waals surface area contributed by atoms with Crippen LogP contribution in [0.3, 0.4) is 0 Å². The number of hydrogen-bond donors (Lipinski definition) is 1. The smallest absolute Gasteiger partial charge is 0.132 e. The summed E-state index contributed by atoms with van der Waals surface area (Å²) >= 11 is 0. The summed E-state index contributed by atoms with van der Waals surface area (Å²) in [4.78, 5) is 15.9. The highest BCUT2D eigenvalue weighted by atomic mass is 15.1. The van der Waals surface area contributed by atoms with Gasteiger partial charge in [-0.1, -0.05) is 0 Å². The minimum Gasteiger partial charge on any atom is -0.369 e. The second-order valence-electron chi connectivity index (χ2n) is 10.2. The molecular weight excluding hydrogens is 358 g/mol. The van der Waals surface area contributed by atoms with E-state index in [-0.39, 0.29) is 0 Å². The van der Waals surface area contributed by atoms with Crippen LogP contribution in [0.4, 0.5) is 5.82 Å². The Bertz CT molecular complexity index is 845. The zero-order chi connectivity index (χ0) is 19.3. The Morgan fingerprint density at radius 2 is 1.72 bits per heavy atom. The van der Waals surface area contributed by atoms with Gasteiger partial charge in [0.05, 0.1) is 5.69 Å². The molecule has 0 amide bonds. The third-order valence-electron chi connectivity index (χ3n) is 8.04. The molecule has 0 unspecified atom stereocenters. The molecule has 4 saturated carbocycles. The number of hydrogen-bond acceptors (Lipinski definition) is 5. The molecule has 2 aromatic rings. The minimum absolute atomic E-state index is 0.536. The van der Waals surface area contributed by atoms with E-state index in [1.54, 1.807) is 6.33 Å². The van der Waals surface area contributed by atoms with Gasteiger partial charge in [-0.3, -0.25) is 9.88 Å². The number of nitrogens with one attached hydrogen (secondary N) is 1. The summed E-state index contributed by atoms with van der Waals surface area (Å²) in [6.07, 6.45) is 15.4. The SMILES string of the molecule is c1cc(CN2CCc3c(ncnc3NCC34CC5CC(CC(C5)C3)C4)C2)ccn1. The summed E-state index contributed by atoms with van der Waals surface area (Å²) in [7, 11) is 0. The lowest BCUT2D eigenvalue weighted by molar-refractivity contribution is -0.0444. The first kappa shape index (κ1) is 17.8. The molecule has 1 aliphatic heterocycles. The minimum atomic E-state index is 0.536. The molecule has 4 aliphatic carbocycles. The zero-order valence-electron chi connectivity index (χ0n) is 17.2. The van der Waals surface area contributed by atoms with Gasteiger partial charge in [0.15, 0.2) is 0 Å². The zero-order valence-corrected chi connectivity index (χ0v) is 17.2. The van der Waals surface area contributed by atoms with E-state index in [2.05, 4.69) is 37.3 Å². The van der Waals surface area contributed by atoms with Crippen LogP contribution in [0.25, 0.3) is 0 Å². The maximum absolute atomic E-state index is 4.67. The second kappa shape index (κ2) is 7.05. The summed E-state index contributed by atoms with van der Waals surface area (Å²) in [6.45, 7) is 4.05. The van der Waals surface area contributed by atoms with Gasteiger partial charge in [0.2, 0.25) is 0 Å². The van der Waals surface area contributed by atoms with Crippen molar-refractivity contribution in [2.45, 2.75) is 58.0 Å². The average Bonchev–Trinajstić information content (AvgIpc) is 2.72. The van der Waals surface area contributed by atoms with Crippen molar-refractivity contribution in [1.82, 2.24) is 19.9 Å². The number of rotatable bonds is 5. The van der Waals surface area contributed by atoms with Crippen LogP contribution in [0.2, 0.25) is 0 Å². The predicted molar refractivity (Wildman–Crippen MR) is 113 cm³/mol. The van der Waals surface area contributed by atoms with E-state index in [4.69, 9.17) is 0 Å². The molecule has 0 saturated heterocycles. The number of aromatic nitrogens is 3. The van der Waals surface area contributed by atoms with E-state index in [1.807, 2.05) is 12.4 Å². The molecule has 5 heteroatoms. The van der Waals surface area contributed by atoms with E-state index in [1.165, 1.54) is 55.3 Å². The Labute approximate surface area is 173 Å². The lowest BCUT2D eigenvalue weighted by atomic mass is 9.49. The third kappa shape index (κ3) is 3.43. The van der Waals surface area contributed by atoms with E-state index >= 15 is 0 Å². The van der Waals surface area contributed by atoms with Gasteiger partial charge in [-0.15, -0.1) is 0 Å². The van der Waals surface area contributed by atoms with Gasteiger partial charge in [-0.05, 0) is 85.8 Å². The molecule has 7 rings (SSSR count). The largest absolute Gasteiger partial charge is 0.369 e. The first-order chi connectivity index (χ1) is 14.2. The molecule has 3 heterocycles. The lowest BCUT2D eigenvalue weighted by Crippen LogP contribution is -2.49. The fourth-order valence-electron chi connectivity index (χ4n) is 7.22. The van der Waals surface area contributed by atoms with Gasteiger partial charge >= 0.3 is 0 Å². The van der Waals surface area contributed by atoms with Gasteiger partial charge in [-0.25, -0.2) is 9.97 Å². The van der Waals surface area contributed by atoms with Crippen LogP contribution >= 0.6 is 0 Å². The quantitative estimate of drug-likeness (QED) is 0.836. The van der Waals surface area contributed by atoms with Crippen molar-refractivity contribution in [3.63, 3.8) is 0 Å². The summed E-state index contributed by atoms with van der Waals surface area (Å²) in [5, 5.41) is 3.82. The molecule has 5 nitrogen and oxygen atoms in total. The Morgan fingerprint density at radius 1 is 1.00 bits per heavy atom. The standard InChI is InChI=1S/C24H31N5/c1-4-25-5-2-17(1)13-29-6-3-21-22(14-29)27-16-28-23(21)26-15-24-10-18-7-19(11-24)9-20(8-18)12-24/h1-2,4-5,16,18-20H,3,6-15H2,(H,26,27,28). The van der Waals surface area contributed by atoms with Crippen molar-refractivity contribution in [3.8, 4) is 0 Å². The van der Waals surface area contributed by atoms with Crippen molar-refractivity contribution in [2.75, 3.05) is 18.4 Å². The molecule has 0 spiro atoms. The van der Waals surface area contributed by atoms with Crippen LogP contribution in [0.5, 0.6) is 0 Å². The van der Waals surface area contributed by atoms with Crippen LogP contribution in [-0.4, -0.2) is 32.9 Å². The Balaban J connectivity index is 1.15. The third-order valence-corrected chi connectivity index (χ3v) is 8.04. The molecule has 1 N–H and O–H groups in total. The number of nitrogens with zero attached hydrogens (tertiary/aromatic N) is 4. The predicted octanol–water partition coefficient (Wildman–Crippen LogP) is 4.06. The lowest BCUT2D eigenvalue weighted by Gasteiger charge is -2.57. The summed E-state index contributed by atoms with van der Waals surface area (Å²) in [5.74, 6) is 4.12. The monoisotopic (exact) mass is 389 g/mol. The fraction of sp³-hybridized carbons (Fsp3) is 0.625. The number of anilines is 1. The Hall–Kier alpha value is -2.01. The Kier molecular flexibility index (Phi) is 4.33.